The Morgan fingerprint density at radius 2 is 1.85 bits per heavy atom. The van der Waals surface area contributed by atoms with E-state index in [1.807, 2.05) is 66.9 Å². The number of aromatic nitrogens is 2. The Labute approximate surface area is 156 Å². The monoisotopic (exact) mass is 359 g/mol. The number of carbonyl (C=O) groups excluding carboxylic acids is 1. The molecule has 0 fully saturated rings. The molecule has 4 aromatic rings. The molecule has 2 aromatic heterocycles. The summed E-state index contributed by atoms with van der Waals surface area (Å²) in [4.78, 5) is 12.5. The summed E-state index contributed by atoms with van der Waals surface area (Å²) < 4.78 is 12.8. The van der Waals surface area contributed by atoms with Crippen LogP contribution in [0.15, 0.2) is 89.8 Å². The van der Waals surface area contributed by atoms with Crippen LogP contribution in [0, 0.1) is 0 Å². The van der Waals surface area contributed by atoms with Gasteiger partial charge in [-0.05, 0) is 48.5 Å². The molecular weight excluding hydrogens is 342 g/mol. The van der Waals surface area contributed by atoms with Gasteiger partial charge in [-0.2, -0.15) is 5.10 Å². The lowest BCUT2D eigenvalue weighted by atomic mass is 10.2. The third-order valence-electron chi connectivity index (χ3n) is 3.98. The van der Waals surface area contributed by atoms with Crippen LogP contribution in [0.2, 0.25) is 0 Å². The SMILES string of the molecule is O=C(Nc1ccc(-n2cccn2)cc1)c1occc1COc1ccccc1. The molecule has 0 spiro atoms. The standard InChI is InChI=1S/C21H17N3O3/c25-21(23-17-7-9-18(10-8-17)24-13-4-12-22-24)20-16(11-14-26-20)15-27-19-5-2-1-3-6-19/h1-14H,15H2,(H,23,25). The molecule has 0 saturated heterocycles. The number of ether oxygens (including phenoxy) is 1. The number of carbonyl (C=O) groups is 1. The van der Waals surface area contributed by atoms with Crippen LogP contribution < -0.4 is 10.1 Å². The summed E-state index contributed by atoms with van der Waals surface area (Å²) in [5.74, 6) is 0.653. The maximum absolute atomic E-state index is 12.5. The first-order chi connectivity index (χ1) is 13.3. The topological polar surface area (TPSA) is 69.3 Å². The highest BCUT2D eigenvalue weighted by atomic mass is 16.5. The third kappa shape index (κ3) is 3.90. The molecule has 1 amide bonds. The zero-order valence-corrected chi connectivity index (χ0v) is 14.4. The van der Waals surface area contributed by atoms with Gasteiger partial charge in [0.1, 0.15) is 12.4 Å². The number of nitrogens with zero attached hydrogens (tertiary/aromatic N) is 2. The van der Waals surface area contributed by atoms with Crippen molar-refractivity contribution in [2.45, 2.75) is 6.61 Å². The summed E-state index contributed by atoms with van der Waals surface area (Å²) in [5.41, 5.74) is 2.26. The zero-order chi connectivity index (χ0) is 18.5. The Balaban J connectivity index is 1.42. The van der Waals surface area contributed by atoms with E-state index in [0.717, 1.165) is 11.4 Å². The molecule has 4 rings (SSSR count). The molecule has 0 saturated carbocycles. The van der Waals surface area contributed by atoms with Crippen LogP contribution in [-0.4, -0.2) is 15.7 Å². The fourth-order valence-corrected chi connectivity index (χ4v) is 2.63. The number of furan rings is 1. The number of amides is 1. The normalized spacial score (nSPS) is 10.5. The van der Waals surface area contributed by atoms with E-state index in [0.29, 0.717) is 11.3 Å². The predicted molar refractivity (Wildman–Crippen MR) is 101 cm³/mol. The fourth-order valence-electron chi connectivity index (χ4n) is 2.63. The largest absolute Gasteiger partial charge is 0.489 e. The van der Waals surface area contributed by atoms with Crippen LogP contribution in [0.1, 0.15) is 16.1 Å². The van der Waals surface area contributed by atoms with E-state index in [1.165, 1.54) is 6.26 Å². The van der Waals surface area contributed by atoms with Crippen LogP contribution in [-0.2, 0) is 6.61 Å². The molecule has 27 heavy (non-hydrogen) atoms. The molecule has 0 unspecified atom stereocenters. The predicted octanol–water partition coefficient (Wildman–Crippen LogP) is 4.30. The van der Waals surface area contributed by atoms with Crippen LogP contribution in [0.25, 0.3) is 5.69 Å². The Morgan fingerprint density at radius 3 is 2.59 bits per heavy atom. The number of hydrogen-bond acceptors (Lipinski definition) is 4. The Kier molecular flexibility index (Phi) is 4.70. The summed E-state index contributed by atoms with van der Waals surface area (Å²) in [6.45, 7) is 0.251. The lowest BCUT2D eigenvalue weighted by Crippen LogP contribution is -2.13. The number of benzene rings is 2. The first-order valence-electron chi connectivity index (χ1n) is 8.45. The molecule has 6 nitrogen and oxygen atoms in total. The summed E-state index contributed by atoms with van der Waals surface area (Å²) in [6, 6.07) is 20.4. The Hall–Kier alpha value is -3.80. The summed E-state index contributed by atoms with van der Waals surface area (Å²) in [5, 5.41) is 7.01. The second-order valence-electron chi connectivity index (χ2n) is 5.83. The summed E-state index contributed by atoms with van der Waals surface area (Å²) in [6.07, 6.45) is 5.06. The van der Waals surface area contributed by atoms with E-state index in [-0.39, 0.29) is 18.3 Å². The van der Waals surface area contributed by atoms with Crippen molar-refractivity contribution >= 4 is 11.6 Å². The first-order valence-corrected chi connectivity index (χ1v) is 8.45. The first kappa shape index (κ1) is 16.7. The molecule has 2 aromatic carbocycles. The van der Waals surface area contributed by atoms with Gasteiger partial charge in [0.05, 0.1) is 12.0 Å². The van der Waals surface area contributed by atoms with Gasteiger partial charge < -0.3 is 14.5 Å². The molecular formula is C21H17N3O3. The highest BCUT2D eigenvalue weighted by molar-refractivity contribution is 6.03. The van der Waals surface area contributed by atoms with Gasteiger partial charge in [-0.15, -0.1) is 0 Å². The molecule has 0 aliphatic rings. The molecule has 6 heteroatoms. The minimum absolute atomic E-state index is 0.238. The Bertz CT molecular complexity index is 1010. The van der Waals surface area contributed by atoms with E-state index in [4.69, 9.17) is 9.15 Å². The van der Waals surface area contributed by atoms with Crippen molar-refractivity contribution in [3.63, 3.8) is 0 Å². The average molecular weight is 359 g/mol. The van der Waals surface area contributed by atoms with E-state index >= 15 is 0 Å². The van der Waals surface area contributed by atoms with E-state index in [2.05, 4.69) is 10.4 Å². The van der Waals surface area contributed by atoms with Gasteiger partial charge in [-0.25, -0.2) is 4.68 Å². The molecule has 0 atom stereocenters. The minimum Gasteiger partial charge on any atom is -0.489 e. The van der Waals surface area contributed by atoms with Crippen molar-refractivity contribution in [3.8, 4) is 11.4 Å². The molecule has 0 aliphatic carbocycles. The van der Waals surface area contributed by atoms with Crippen LogP contribution in [0.4, 0.5) is 5.69 Å². The Morgan fingerprint density at radius 1 is 1.04 bits per heavy atom. The van der Waals surface area contributed by atoms with Crippen LogP contribution >= 0.6 is 0 Å². The molecule has 134 valence electrons. The highest BCUT2D eigenvalue weighted by Gasteiger charge is 2.16. The van der Waals surface area contributed by atoms with Gasteiger partial charge in [0.15, 0.2) is 5.76 Å². The summed E-state index contributed by atoms with van der Waals surface area (Å²) in [7, 11) is 0. The number of para-hydroxylation sites is 1. The highest BCUT2D eigenvalue weighted by Crippen LogP contribution is 2.18. The molecule has 1 N–H and O–H groups in total. The van der Waals surface area contributed by atoms with Gasteiger partial charge >= 0.3 is 0 Å². The zero-order valence-electron chi connectivity index (χ0n) is 14.4. The third-order valence-corrected chi connectivity index (χ3v) is 3.98. The van der Waals surface area contributed by atoms with Crippen LogP contribution in [0.5, 0.6) is 5.75 Å². The van der Waals surface area contributed by atoms with E-state index in [1.54, 1.807) is 16.9 Å². The number of rotatable bonds is 6. The van der Waals surface area contributed by atoms with E-state index in [9.17, 15) is 4.79 Å². The number of hydrogen-bond donors (Lipinski definition) is 1. The maximum Gasteiger partial charge on any atom is 0.291 e. The van der Waals surface area contributed by atoms with Crippen molar-refractivity contribution in [1.29, 1.82) is 0 Å². The van der Waals surface area contributed by atoms with Gasteiger partial charge in [0.2, 0.25) is 0 Å². The second-order valence-corrected chi connectivity index (χ2v) is 5.83. The maximum atomic E-state index is 12.5. The fraction of sp³-hybridized carbons (Fsp3) is 0.0476. The molecule has 0 bridgehead atoms. The molecule has 0 radical (unpaired) electrons. The van der Waals surface area contributed by atoms with Gasteiger partial charge in [0, 0.05) is 23.6 Å². The molecule has 0 aliphatic heterocycles. The summed E-state index contributed by atoms with van der Waals surface area (Å²) >= 11 is 0. The van der Waals surface area contributed by atoms with E-state index < -0.39 is 0 Å². The van der Waals surface area contributed by atoms with Crippen LogP contribution in [0.3, 0.4) is 0 Å². The lowest BCUT2D eigenvalue weighted by Gasteiger charge is -2.08. The van der Waals surface area contributed by atoms with Gasteiger partial charge in [-0.1, -0.05) is 18.2 Å². The van der Waals surface area contributed by atoms with Crippen molar-refractivity contribution in [2.75, 3.05) is 5.32 Å². The van der Waals surface area contributed by atoms with Gasteiger partial charge in [0.25, 0.3) is 5.91 Å². The van der Waals surface area contributed by atoms with Crippen molar-refractivity contribution in [1.82, 2.24) is 9.78 Å². The minimum atomic E-state index is -0.321. The second kappa shape index (κ2) is 7.61. The van der Waals surface area contributed by atoms with Crippen molar-refractivity contribution in [2.24, 2.45) is 0 Å². The number of anilines is 1. The lowest BCUT2D eigenvalue weighted by molar-refractivity contribution is 0.0993. The smallest absolute Gasteiger partial charge is 0.291 e. The van der Waals surface area contributed by atoms with Gasteiger partial charge in [-0.3, -0.25) is 4.79 Å². The molecule has 2 heterocycles. The van der Waals surface area contributed by atoms with Crippen molar-refractivity contribution in [3.05, 3.63) is 96.7 Å². The quantitative estimate of drug-likeness (QED) is 0.557. The van der Waals surface area contributed by atoms with Crippen molar-refractivity contribution < 1.29 is 13.9 Å². The number of nitrogens with one attached hydrogen (secondary N) is 1. The average Bonchev–Trinajstić information content (AvgIpc) is 3.40.